The number of hydrogen-bond donors (Lipinski definition) is 1. The summed E-state index contributed by atoms with van der Waals surface area (Å²) in [5, 5.41) is 11.3. The fourth-order valence-corrected chi connectivity index (χ4v) is 2.99. The molecule has 1 aromatic rings. The summed E-state index contributed by atoms with van der Waals surface area (Å²) in [6, 6.07) is 9.14. The highest BCUT2D eigenvalue weighted by atomic mass is 16.5. The molecule has 1 N–H and O–H groups in total. The molecule has 0 spiro atoms. The Morgan fingerprint density at radius 3 is 2.52 bits per heavy atom. The number of methoxy groups -OCH3 is 1. The number of carbonyl (C=O) groups excluding carboxylic acids is 1. The molecule has 0 saturated heterocycles. The molecule has 1 aromatic carbocycles. The Labute approximate surface area is 137 Å². The molecule has 1 aliphatic rings. The molecule has 5 nitrogen and oxygen atoms in total. The second-order valence-electron chi connectivity index (χ2n) is 5.90. The van der Waals surface area contributed by atoms with E-state index >= 15 is 0 Å². The first-order valence-corrected chi connectivity index (χ1v) is 8.18. The van der Waals surface area contributed by atoms with Gasteiger partial charge < -0.3 is 14.8 Å². The van der Waals surface area contributed by atoms with Crippen molar-refractivity contribution in [2.75, 3.05) is 13.7 Å². The molecule has 1 fully saturated rings. The van der Waals surface area contributed by atoms with E-state index in [1.54, 1.807) is 31.4 Å². The number of nitriles is 1. The molecule has 0 heterocycles. The van der Waals surface area contributed by atoms with Crippen LogP contribution in [0.4, 0.5) is 0 Å². The van der Waals surface area contributed by atoms with Crippen molar-refractivity contribution in [3.63, 3.8) is 0 Å². The quantitative estimate of drug-likeness (QED) is 0.785. The molecular weight excluding hydrogens is 292 g/mol. The normalized spacial score (nSPS) is 16.2. The smallest absolute Gasteiger partial charge is 0.261 e. The zero-order chi connectivity index (χ0) is 16.5. The van der Waals surface area contributed by atoms with Crippen molar-refractivity contribution in [3.8, 4) is 17.6 Å². The van der Waals surface area contributed by atoms with E-state index in [1.165, 1.54) is 19.3 Å². The SMILES string of the molecule is COc1ccc(OC(CC2CCCCC2)C(=O)NCC#N)cc1. The van der Waals surface area contributed by atoms with E-state index in [0.29, 0.717) is 18.1 Å². The van der Waals surface area contributed by atoms with Gasteiger partial charge in [0.2, 0.25) is 0 Å². The van der Waals surface area contributed by atoms with E-state index in [2.05, 4.69) is 5.32 Å². The van der Waals surface area contributed by atoms with E-state index in [9.17, 15) is 4.79 Å². The van der Waals surface area contributed by atoms with Crippen LogP contribution in [0.25, 0.3) is 0 Å². The summed E-state index contributed by atoms with van der Waals surface area (Å²) in [4.78, 5) is 12.3. The number of hydrogen-bond acceptors (Lipinski definition) is 4. The molecule has 0 radical (unpaired) electrons. The van der Waals surface area contributed by atoms with Crippen LogP contribution in [0.1, 0.15) is 38.5 Å². The Bertz CT molecular complexity index is 530. The van der Waals surface area contributed by atoms with Gasteiger partial charge in [-0.3, -0.25) is 4.79 Å². The molecule has 0 aromatic heterocycles. The predicted octanol–water partition coefficient (Wildman–Crippen LogP) is 3.05. The molecule has 1 unspecified atom stereocenters. The Hall–Kier alpha value is -2.22. The van der Waals surface area contributed by atoms with E-state index < -0.39 is 6.10 Å². The average molecular weight is 316 g/mol. The zero-order valence-corrected chi connectivity index (χ0v) is 13.6. The van der Waals surface area contributed by atoms with Gasteiger partial charge in [0.05, 0.1) is 13.2 Å². The molecule has 1 saturated carbocycles. The van der Waals surface area contributed by atoms with Crippen molar-refractivity contribution < 1.29 is 14.3 Å². The molecule has 2 rings (SSSR count). The van der Waals surface area contributed by atoms with Gasteiger partial charge in [0.15, 0.2) is 6.10 Å². The molecule has 23 heavy (non-hydrogen) atoms. The highest BCUT2D eigenvalue weighted by Crippen LogP contribution is 2.29. The molecule has 1 amide bonds. The van der Waals surface area contributed by atoms with Gasteiger partial charge in [-0.05, 0) is 36.6 Å². The molecule has 124 valence electrons. The largest absolute Gasteiger partial charge is 0.497 e. The maximum absolute atomic E-state index is 12.3. The molecule has 5 heteroatoms. The summed E-state index contributed by atoms with van der Waals surface area (Å²) in [5.74, 6) is 1.68. The Morgan fingerprint density at radius 1 is 1.26 bits per heavy atom. The molecule has 1 atom stereocenters. The van der Waals surface area contributed by atoms with Gasteiger partial charge in [0.1, 0.15) is 18.0 Å². The lowest BCUT2D eigenvalue weighted by atomic mass is 9.85. The van der Waals surface area contributed by atoms with Crippen molar-refractivity contribution in [2.24, 2.45) is 5.92 Å². The summed E-state index contributed by atoms with van der Waals surface area (Å²) in [6.45, 7) is 0.00593. The van der Waals surface area contributed by atoms with Gasteiger partial charge in [0, 0.05) is 0 Å². The predicted molar refractivity (Wildman–Crippen MR) is 87.2 cm³/mol. The zero-order valence-electron chi connectivity index (χ0n) is 13.6. The summed E-state index contributed by atoms with van der Waals surface area (Å²) < 4.78 is 11.0. The summed E-state index contributed by atoms with van der Waals surface area (Å²) in [7, 11) is 1.61. The fourth-order valence-electron chi connectivity index (χ4n) is 2.99. The number of ether oxygens (including phenoxy) is 2. The second kappa shape index (κ2) is 9.04. The maximum atomic E-state index is 12.3. The minimum atomic E-state index is -0.556. The number of benzene rings is 1. The van der Waals surface area contributed by atoms with Crippen LogP contribution in [0.3, 0.4) is 0 Å². The topological polar surface area (TPSA) is 71.3 Å². The van der Waals surface area contributed by atoms with Crippen LogP contribution in [-0.4, -0.2) is 25.7 Å². The van der Waals surface area contributed by atoms with Gasteiger partial charge >= 0.3 is 0 Å². The Balaban J connectivity index is 2.01. The Kier molecular flexibility index (Phi) is 6.74. The third-order valence-corrected chi connectivity index (χ3v) is 4.24. The van der Waals surface area contributed by atoms with Gasteiger partial charge in [0.25, 0.3) is 5.91 Å². The van der Waals surface area contributed by atoms with Crippen molar-refractivity contribution >= 4 is 5.91 Å². The van der Waals surface area contributed by atoms with Crippen LogP contribution >= 0.6 is 0 Å². The highest BCUT2D eigenvalue weighted by Gasteiger charge is 2.25. The van der Waals surface area contributed by atoms with E-state index in [-0.39, 0.29) is 12.5 Å². The number of nitrogens with one attached hydrogen (secondary N) is 1. The van der Waals surface area contributed by atoms with Gasteiger partial charge in [-0.25, -0.2) is 0 Å². The maximum Gasteiger partial charge on any atom is 0.261 e. The molecule has 1 aliphatic carbocycles. The third-order valence-electron chi connectivity index (χ3n) is 4.24. The molecular formula is C18H24N2O3. The number of amides is 1. The van der Waals surface area contributed by atoms with Crippen LogP contribution in [0, 0.1) is 17.2 Å². The lowest BCUT2D eigenvalue weighted by molar-refractivity contribution is -0.128. The standard InChI is InChI=1S/C18H24N2O3/c1-22-15-7-9-16(10-8-15)23-17(18(21)20-12-11-19)13-14-5-3-2-4-6-14/h7-10,14,17H,2-6,12-13H2,1H3,(H,20,21). The number of rotatable bonds is 7. The van der Waals surface area contributed by atoms with Crippen LogP contribution in [-0.2, 0) is 4.79 Å². The van der Waals surface area contributed by atoms with Gasteiger partial charge in [-0.1, -0.05) is 32.1 Å². The lowest BCUT2D eigenvalue weighted by Gasteiger charge is -2.26. The molecule has 0 aliphatic heterocycles. The summed E-state index contributed by atoms with van der Waals surface area (Å²) in [5.41, 5.74) is 0. The van der Waals surface area contributed by atoms with Crippen LogP contribution in [0.5, 0.6) is 11.5 Å². The first kappa shape index (κ1) is 17.1. The highest BCUT2D eigenvalue weighted by molar-refractivity contribution is 5.81. The Morgan fingerprint density at radius 2 is 1.91 bits per heavy atom. The fraction of sp³-hybridized carbons (Fsp3) is 0.556. The van der Waals surface area contributed by atoms with Crippen LogP contribution < -0.4 is 14.8 Å². The van der Waals surface area contributed by atoms with E-state index in [1.807, 2.05) is 6.07 Å². The van der Waals surface area contributed by atoms with Gasteiger partial charge in [-0.15, -0.1) is 0 Å². The minimum absolute atomic E-state index is 0.00593. The third kappa shape index (κ3) is 5.48. The second-order valence-corrected chi connectivity index (χ2v) is 5.90. The molecule has 0 bridgehead atoms. The van der Waals surface area contributed by atoms with Crippen LogP contribution in [0.2, 0.25) is 0 Å². The van der Waals surface area contributed by atoms with Gasteiger partial charge in [-0.2, -0.15) is 5.26 Å². The first-order chi connectivity index (χ1) is 11.2. The van der Waals surface area contributed by atoms with Crippen molar-refractivity contribution in [1.29, 1.82) is 5.26 Å². The summed E-state index contributed by atoms with van der Waals surface area (Å²) >= 11 is 0. The number of carbonyl (C=O) groups is 1. The summed E-state index contributed by atoms with van der Waals surface area (Å²) in [6.07, 6.45) is 6.16. The van der Waals surface area contributed by atoms with Crippen LogP contribution in [0.15, 0.2) is 24.3 Å². The number of nitrogens with zero attached hydrogens (tertiary/aromatic N) is 1. The monoisotopic (exact) mass is 316 g/mol. The minimum Gasteiger partial charge on any atom is -0.497 e. The van der Waals surface area contributed by atoms with Crippen molar-refractivity contribution in [1.82, 2.24) is 5.32 Å². The van der Waals surface area contributed by atoms with E-state index in [0.717, 1.165) is 18.6 Å². The first-order valence-electron chi connectivity index (χ1n) is 8.18. The van der Waals surface area contributed by atoms with Crippen molar-refractivity contribution in [3.05, 3.63) is 24.3 Å². The lowest BCUT2D eigenvalue weighted by Crippen LogP contribution is -2.40. The van der Waals surface area contributed by atoms with E-state index in [4.69, 9.17) is 14.7 Å². The van der Waals surface area contributed by atoms with Crippen molar-refractivity contribution in [2.45, 2.75) is 44.6 Å². The average Bonchev–Trinajstić information content (AvgIpc) is 2.60.